The first-order valence-corrected chi connectivity index (χ1v) is 7.89. The minimum atomic E-state index is 0.0248. The molecular weight excluding hydrogens is 260 g/mol. The van der Waals surface area contributed by atoms with E-state index >= 15 is 0 Å². The lowest BCUT2D eigenvalue weighted by atomic mass is 10.3. The highest BCUT2D eigenvalue weighted by atomic mass is 32.2. The lowest BCUT2D eigenvalue weighted by Crippen LogP contribution is -2.43. The van der Waals surface area contributed by atoms with E-state index in [1.807, 2.05) is 24.6 Å². The molecule has 0 spiro atoms. The molecule has 6 heteroatoms. The zero-order chi connectivity index (χ0) is 13.5. The van der Waals surface area contributed by atoms with E-state index < -0.39 is 0 Å². The second kappa shape index (κ2) is 7.35. The summed E-state index contributed by atoms with van der Waals surface area (Å²) in [6, 6.07) is 3.89. The summed E-state index contributed by atoms with van der Waals surface area (Å²) in [6.07, 6.45) is 4.35. The molecule has 0 radical (unpaired) electrons. The number of amides is 1. The number of carbonyl (C=O) groups is 1. The van der Waals surface area contributed by atoms with E-state index in [0.29, 0.717) is 12.2 Å². The maximum absolute atomic E-state index is 11.6. The van der Waals surface area contributed by atoms with Crippen LogP contribution in [-0.4, -0.2) is 49.1 Å². The number of rotatable bonds is 5. The third-order valence-electron chi connectivity index (χ3n) is 3.03. The van der Waals surface area contributed by atoms with Crippen molar-refractivity contribution in [2.75, 3.05) is 48.4 Å². The van der Waals surface area contributed by atoms with E-state index in [1.54, 1.807) is 11.8 Å². The van der Waals surface area contributed by atoms with Gasteiger partial charge in [-0.2, -0.15) is 11.8 Å². The van der Waals surface area contributed by atoms with Crippen LogP contribution in [-0.2, 0) is 4.79 Å². The minimum Gasteiger partial charge on any atom is -0.368 e. The van der Waals surface area contributed by atoms with Crippen LogP contribution in [0.15, 0.2) is 18.3 Å². The van der Waals surface area contributed by atoms with E-state index in [9.17, 15) is 4.79 Å². The molecule has 0 unspecified atom stereocenters. The Balaban J connectivity index is 1.88. The lowest BCUT2D eigenvalue weighted by Gasteiger charge is -2.29. The Morgan fingerprint density at radius 1 is 1.47 bits per heavy atom. The van der Waals surface area contributed by atoms with Crippen molar-refractivity contribution in [3.8, 4) is 0 Å². The fourth-order valence-electron chi connectivity index (χ4n) is 1.97. The number of anilines is 2. The van der Waals surface area contributed by atoms with Crippen LogP contribution in [0.2, 0.25) is 0 Å². The molecule has 0 aliphatic carbocycles. The van der Waals surface area contributed by atoms with Gasteiger partial charge < -0.3 is 15.5 Å². The van der Waals surface area contributed by atoms with Crippen LogP contribution in [0.1, 0.15) is 6.42 Å². The zero-order valence-corrected chi connectivity index (χ0v) is 12.0. The van der Waals surface area contributed by atoms with Crippen molar-refractivity contribution in [3.63, 3.8) is 0 Å². The first kappa shape index (κ1) is 14.1. The van der Waals surface area contributed by atoms with Crippen molar-refractivity contribution in [2.24, 2.45) is 0 Å². The summed E-state index contributed by atoms with van der Waals surface area (Å²) in [5, 5.41) is 6.13. The van der Waals surface area contributed by atoms with E-state index in [4.69, 9.17) is 0 Å². The average Bonchev–Trinajstić information content (AvgIpc) is 2.47. The van der Waals surface area contributed by atoms with Gasteiger partial charge in [0.15, 0.2) is 0 Å². The summed E-state index contributed by atoms with van der Waals surface area (Å²) in [6.45, 7) is 4.02. The first-order valence-electron chi connectivity index (χ1n) is 6.50. The van der Waals surface area contributed by atoms with E-state index in [-0.39, 0.29) is 5.91 Å². The molecule has 5 nitrogen and oxygen atoms in total. The molecule has 1 amide bonds. The minimum absolute atomic E-state index is 0.0248. The smallest absolute Gasteiger partial charge is 0.226 e. The van der Waals surface area contributed by atoms with Crippen LogP contribution in [0.25, 0.3) is 0 Å². The molecule has 0 saturated carbocycles. The van der Waals surface area contributed by atoms with Gasteiger partial charge in [0.1, 0.15) is 5.82 Å². The van der Waals surface area contributed by atoms with Gasteiger partial charge in [0.05, 0.1) is 11.9 Å². The molecule has 1 aliphatic heterocycles. The van der Waals surface area contributed by atoms with Crippen molar-refractivity contribution in [1.29, 1.82) is 0 Å². The van der Waals surface area contributed by atoms with Gasteiger partial charge in [0.25, 0.3) is 0 Å². The predicted molar refractivity (Wildman–Crippen MR) is 80.9 cm³/mol. The summed E-state index contributed by atoms with van der Waals surface area (Å²) >= 11 is 1.67. The lowest BCUT2D eigenvalue weighted by molar-refractivity contribution is -0.115. The Bertz CT molecular complexity index is 404. The number of hydrogen-bond acceptors (Lipinski definition) is 5. The Labute approximate surface area is 118 Å². The molecule has 19 heavy (non-hydrogen) atoms. The van der Waals surface area contributed by atoms with E-state index in [1.165, 1.54) is 0 Å². The number of piperazine rings is 1. The molecule has 0 bridgehead atoms. The van der Waals surface area contributed by atoms with E-state index in [2.05, 4.69) is 20.5 Å². The van der Waals surface area contributed by atoms with Gasteiger partial charge in [-0.1, -0.05) is 0 Å². The van der Waals surface area contributed by atoms with Crippen molar-refractivity contribution >= 4 is 29.2 Å². The molecule has 1 saturated heterocycles. The highest BCUT2D eigenvalue weighted by molar-refractivity contribution is 7.98. The normalized spacial score (nSPS) is 15.3. The Kier molecular flexibility index (Phi) is 5.47. The predicted octanol–water partition coefficient (Wildman–Crippen LogP) is 1.18. The van der Waals surface area contributed by atoms with Crippen LogP contribution >= 0.6 is 11.8 Å². The number of carbonyl (C=O) groups excluding carboxylic acids is 1. The maximum atomic E-state index is 11.6. The molecule has 0 aromatic carbocycles. The number of aromatic nitrogens is 1. The molecular formula is C13H20N4OS. The summed E-state index contributed by atoms with van der Waals surface area (Å²) < 4.78 is 0. The van der Waals surface area contributed by atoms with Crippen LogP contribution in [0.3, 0.4) is 0 Å². The van der Waals surface area contributed by atoms with Gasteiger partial charge in [-0.3, -0.25) is 4.79 Å². The topological polar surface area (TPSA) is 57.3 Å². The van der Waals surface area contributed by atoms with Crippen LogP contribution in [0.5, 0.6) is 0 Å². The summed E-state index contributed by atoms with van der Waals surface area (Å²) in [7, 11) is 0. The number of nitrogens with zero attached hydrogens (tertiary/aromatic N) is 2. The van der Waals surface area contributed by atoms with Gasteiger partial charge in [0, 0.05) is 38.4 Å². The van der Waals surface area contributed by atoms with Crippen molar-refractivity contribution in [3.05, 3.63) is 18.3 Å². The largest absolute Gasteiger partial charge is 0.368 e. The standard InChI is InChI=1S/C13H20N4OS/c1-19-9-4-13(18)16-12-3-2-11(10-15-12)17-7-5-14-6-8-17/h2-3,10,14H,4-9H2,1H3,(H,15,16,18). The zero-order valence-electron chi connectivity index (χ0n) is 11.2. The molecule has 1 aromatic heterocycles. The Morgan fingerprint density at radius 2 is 2.26 bits per heavy atom. The first-order chi connectivity index (χ1) is 9.29. The summed E-state index contributed by atoms with van der Waals surface area (Å²) in [5.74, 6) is 1.49. The maximum Gasteiger partial charge on any atom is 0.226 e. The summed E-state index contributed by atoms with van der Waals surface area (Å²) in [5.41, 5.74) is 1.11. The highest BCUT2D eigenvalue weighted by Gasteiger charge is 2.10. The quantitative estimate of drug-likeness (QED) is 0.848. The van der Waals surface area contributed by atoms with E-state index in [0.717, 1.165) is 37.6 Å². The van der Waals surface area contributed by atoms with Crippen molar-refractivity contribution in [2.45, 2.75) is 6.42 Å². The van der Waals surface area contributed by atoms with Gasteiger partial charge in [-0.25, -0.2) is 4.98 Å². The van der Waals surface area contributed by atoms with Gasteiger partial charge in [-0.15, -0.1) is 0 Å². The third-order valence-corrected chi connectivity index (χ3v) is 3.64. The monoisotopic (exact) mass is 280 g/mol. The molecule has 2 heterocycles. The van der Waals surface area contributed by atoms with Gasteiger partial charge >= 0.3 is 0 Å². The second-order valence-corrected chi connectivity index (χ2v) is 5.42. The number of hydrogen-bond donors (Lipinski definition) is 2. The SMILES string of the molecule is CSCCC(=O)Nc1ccc(N2CCNCC2)cn1. The summed E-state index contributed by atoms with van der Waals surface area (Å²) in [4.78, 5) is 18.2. The van der Waals surface area contributed by atoms with Crippen LogP contribution < -0.4 is 15.5 Å². The molecule has 2 N–H and O–H groups in total. The van der Waals surface area contributed by atoms with Gasteiger partial charge in [0.2, 0.25) is 5.91 Å². The number of thioether (sulfide) groups is 1. The van der Waals surface area contributed by atoms with Crippen LogP contribution in [0, 0.1) is 0 Å². The molecule has 1 fully saturated rings. The third kappa shape index (κ3) is 4.40. The molecule has 104 valence electrons. The Morgan fingerprint density at radius 3 is 2.89 bits per heavy atom. The second-order valence-electron chi connectivity index (χ2n) is 4.43. The molecule has 0 atom stereocenters. The van der Waals surface area contributed by atoms with Crippen LogP contribution in [0.4, 0.5) is 11.5 Å². The van der Waals surface area contributed by atoms with Crippen molar-refractivity contribution < 1.29 is 4.79 Å². The van der Waals surface area contributed by atoms with Gasteiger partial charge in [-0.05, 0) is 18.4 Å². The Hall–Kier alpha value is -1.27. The molecule has 1 aromatic rings. The fraction of sp³-hybridized carbons (Fsp3) is 0.538. The molecule has 2 rings (SSSR count). The molecule has 1 aliphatic rings. The fourth-order valence-corrected chi connectivity index (χ4v) is 2.36. The number of nitrogens with one attached hydrogen (secondary N) is 2. The number of pyridine rings is 1. The average molecular weight is 280 g/mol. The highest BCUT2D eigenvalue weighted by Crippen LogP contribution is 2.15. The van der Waals surface area contributed by atoms with Crippen molar-refractivity contribution in [1.82, 2.24) is 10.3 Å².